The fraction of sp³-hybridized carbons (Fsp3) is 0.818. The quantitative estimate of drug-likeness (QED) is 0.696. The number of esters is 1. The van der Waals surface area contributed by atoms with E-state index in [4.69, 9.17) is 0 Å². The van der Waals surface area contributed by atoms with Gasteiger partial charge in [-0.3, -0.25) is 4.79 Å². The van der Waals surface area contributed by atoms with E-state index in [2.05, 4.69) is 10.1 Å². The van der Waals surface area contributed by atoms with E-state index in [0.717, 1.165) is 19.3 Å². The van der Waals surface area contributed by atoms with Gasteiger partial charge in [0.15, 0.2) is 0 Å². The SMILES string of the molecule is CC[C@@H](C)[C@H](NC(=O)C1CC1)C(=O)OC. The van der Waals surface area contributed by atoms with Gasteiger partial charge in [-0.05, 0) is 18.8 Å². The largest absolute Gasteiger partial charge is 0.467 e. The van der Waals surface area contributed by atoms with Gasteiger partial charge in [0.1, 0.15) is 6.04 Å². The molecule has 0 aromatic carbocycles. The second-order valence-electron chi connectivity index (χ2n) is 4.17. The van der Waals surface area contributed by atoms with Crippen LogP contribution in [0.5, 0.6) is 0 Å². The summed E-state index contributed by atoms with van der Waals surface area (Å²) in [7, 11) is 1.35. The number of carbonyl (C=O) groups is 2. The van der Waals surface area contributed by atoms with Gasteiger partial charge in [0, 0.05) is 5.92 Å². The highest BCUT2D eigenvalue weighted by molar-refractivity contribution is 5.87. The third-order valence-corrected chi connectivity index (χ3v) is 2.91. The van der Waals surface area contributed by atoms with Crippen molar-refractivity contribution in [3.63, 3.8) is 0 Å². The van der Waals surface area contributed by atoms with Crippen molar-refractivity contribution in [2.75, 3.05) is 7.11 Å². The highest BCUT2D eigenvalue weighted by Crippen LogP contribution is 2.29. The molecule has 1 aliphatic rings. The summed E-state index contributed by atoms with van der Waals surface area (Å²) in [6.45, 7) is 3.93. The van der Waals surface area contributed by atoms with Crippen LogP contribution in [0.25, 0.3) is 0 Å². The standard InChI is InChI=1S/C11H19NO3/c1-4-7(2)9(11(14)15-3)12-10(13)8-5-6-8/h7-9H,4-6H2,1-3H3,(H,12,13)/t7-,9+/m1/s1. The van der Waals surface area contributed by atoms with Crippen LogP contribution in [0.2, 0.25) is 0 Å². The molecule has 1 amide bonds. The number of amides is 1. The summed E-state index contributed by atoms with van der Waals surface area (Å²) in [4.78, 5) is 23.0. The second-order valence-corrected chi connectivity index (χ2v) is 4.17. The van der Waals surface area contributed by atoms with Crippen molar-refractivity contribution in [3.8, 4) is 0 Å². The predicted octanol–water partition coefficient (Wildman–Crippen LogP) is 1.10. The summed E-state index contributed by atoms with van der Waals surface area (Å²) in [5.74, 6) is -0.120. The first kappa shape index (κ1) is 12.0. The normalized spacial score (nSPS) is 19.1. The molecule has 2 atom stereocenters. The molecule has 0 bridgehead atoms. The molecule has 86 valence electrons. The van der Waals surface area contributed by atoms with E-state index < -0.39 is 6.04 Å². The Morgan fingerprint density at radius 3 is 2.47 bits per heavy atom. The van der Waals surface area contributed by atoms with Crippen molar-refractivity contribution in [3.05, 3.63) is 0 Å². The maximum absolute atomic E-state index is 11.5. The van der Waals surface area contributed by atoms with Crippen LogP contribution < -0.4 is 5.32 Å². The third kappa shape index (κ3) is 3.22. The van der Waals surface area contributed by atoms with Crippen molar-refractivity contribution in [1.82, 2.24) is 5.32 Å². The summed E-state index contributed by atoms with van der Waals surface area (Å²) < 4.78 is 4.68. The molecule has 0 unspecified atom stereocenters. The Hall–Kier alpha value is -1.06. The topological polar surface area (TPSA) is 55.4 Å². The van der Waals surface area contributed by atoms with E-state index in [0.29, 0.717) is 0 Å². The maximum atomic E-state index is 11.5. The molecule has 1 N–H and O–H groups in total. The molecule has 0 aromatic heterocycles. The second kappa shape index (κ2) is 5.14. The number of ether oxygens (including phenoxy) is 1. The van der Waals surface area contributed by atoms with Crippen LogP contribution in [0.4, 0.5) is 0 Å². The molecule has 0 radical (unpaired) electrons. The molecule has 0 aromatic rings. The molecule has 0 spiro atoms. The fourth-order valence-electron chi connectivity index (χ4n) is 1.41. The Morgan fingerprint density at radius 1 is 1.47 bits per heavy atom. The Bertz CT molecular complexity index is 248. The fourth-order valence-corrected chi connectivity index (χ4v) is 1.41. The molecule has 1 aliphatic carbocycles. The number of hydrogen-bond donors (Lipinski definition) is 1. The lowest BCUT2D eigenvalue weighted by Crippen LogP contribution is -2.46. The number of methoxy groups -OCH3 is 1. The number of hydrogen-bond acceptors (Lipinski definition) is 3. The smallest absolute Gasteiger partial charge is 0.328 e. The minimum Gasteiger partial charge on any atom is -0.467 e. The monoisotopic (exact) mass is 213 g/mol. The minimum atomic E-state index is -0.493. The molecule has 0 heterocycles. The number of rotatable bonds is 5. The van der Waals surface area contributed by atoms with Gasteiger partial charge >= 0.3 is 5.97 Å². The highest BCUT2D eigenvalue weighted by Gasteiger charge is 2.34. The van der Waals surface area contributed by atoms with E-state index in [1.165, 1.54) is 7.11 Å². The summed E-state index contributed by atoms with van der Waals surface area (Å²) in [5.41, 5.74) is 0. The van der Waals surface area contributed by atoms with Crippen molar-refractivity contribution >= 4 is 11.9 Å². The molecule has 4 heteroatoms. The van der Waals surface area contributed by atoms with Crippen LogP contribution in [0.1, 0.15) is 33.1 Å². The molecular weight excluding hydrogens is 194 g/mol. The zero-order chi connectivity index (χ0) is 11.4. The Morgan fingerprint density at radius 2 is 2.07 bits per heavy atom. The number of nitrogens with one attached hydrogen (secondary N) is 1. The van der Waals surface area contributed by atoms with E-state index >= 15 is 0 Å². The molecule has 4 nitrogen and oxygen atoms in total. The Balaban J connectivity index is 2.54. The van der Waals surface area contributed by atoms with E-state index in [-0.39, 0.29) is 23.7 Å². The highest BCUT2D eigenvalue weighted by atomic mass is 16.5. The molecule has 1 rings (SSSR count). The van der Waals surface area contributed by atoms with Crippen LogP contribution in [0.3, 0.4) is 0 Å². The first-order chi connectivity index (χ1) is 7.10. The molecule has 0 aliphatic heterocycles. The predicted molar refractivity (Wildman–Crippen MR) is 56.1 cm³/mol. The average molecular weight is 213 g/mol. The Kier molecular flexibility index (Phi) is 4.12. The van der Waals surface area contributed by atoms with Crippen LogP contribution in [0.15, 0.2) is 0 Å². The van der Waals surface area contributed by atoms with Gasteiger partial charge in [-0.2, -0.15) is 0 Å². The van der Waals surface area contributed by atoms with Crippen LogP contribution in [-0.4, -0.2) is 25.0 Å². The van der Waals surface area contributed by atoms with Gasteiger partial charge in [0.05, 0.1) is 7.11 Å². The lowest BCUT2D eigenvalue weighted by atomic mass is 9.99. The molecule has 1 fully saturated rings. The summed E-state index contributed by atoms with van der Waals surface area (Å²) in [5, 5.41) is 2.77. The van der Waals surface area contributed by atoms with Crippen molar-refractivity contribution in [2.45, 2.75) is 39.2 Å². The van der Waals surface area contributed by atoms with Crippen LogP contribution in [-0.2, 0) is 14.3 Å². The minimum absolute atomic E-state index is 0.00861. The molecule has 0 saturated heterocycles. The van der Waals surface area contributed by atoms with Gasteiger partial charge in [-0.25, -0.2) is 4.79 Å². The van der Waals surface area contributed by atoms with Crippen molar-refractivity contribution in [1.29, 1.82) is 0 Å². The number of carbonyl (C=O) groups excluding carboxylic acids is 2. The zero-order valence-electron chi connectivity index (χ0n) is 9.58. The van der Waals surface area contributed by atoms with Crippen LogP contribution >= 0.6 is 0 Å². The lowest BCUT2D eigenvalue weighted by molar-refractivity contribution is -0.146. The average Bonchev–Trinajstić information content (AvgIpc) is 3.07. The van der Waals surface area contributed by atoms with Crippen molar-refractivity contribution < 1.29 is 14.3 Å². The van der Waals surface area contributed by atoms with Crippen molar-refractivity contribution in [2.24, 2.45) is 11.8 Å². The van der Waals surface area contributed by atoms with Gasteiger partial charge in [-0.1, -0.05) is 20.3 Å². The van der Waals surface area contributed by atoms with Gasteiger partial charge in [0.25, 0.3) is 0 Å². The first-order valence-electron chi connectivity index (χ1n) is 5.48. The van der Waals surface area contributed by atoms with E-state index in [1.54, 1.807) is 0 Å². The molecular formula is C11H19NO3. The molecule has 1 saturated carbocycles. The Labute approximate surface area is 90.4 Å². The lowest BCUT2D eigenvalue weighted by Gasteiger charge is -2.21. The summed E-state index contributed by atoms with van der Waals surface area (Å²) in [6.07, 6.45) is 2.73. The maximum Gasteiger partial charge on any atom is 0.328 e. The van der Waals surface area contributed by atoms with E-state index in [9.17, 15) is 9.59 Å². The van der Waals surface area contributed by atoms with Gasteiger partial charge in [0.2, 0.25) is 5.91 Å². The zero-order valence-corrected chi connectivity index (χ0v) is 9.58. The van der Waals surface area contributed by atoms with Crippen LogP contribution in [0, 0.1) is 11.8 Å². The first-order valence-corrected chi connectivity index (χ1v) is 5.48. The van der Waals surface area contributed by atoms with E-state index in [1.807, 2.05) is 13.8 Å². The molecule has 15 heavy (non-hydrogen) atoms. The third-order valence-electron chi connectivity index (χ3n) is 2.91. The summed E-state index contributed by atoms with van der Waals surface area (Å²) in [6, 6.07) is -0.493. The van der Waals surface area contributed by atoms with Gasteiger partial charge < -0.3 is 10.1 Å². The summed E-state index contributed by atoms with van der Waals surface area (Å²) >= 11 is 0. The van der Waals surface area contributed by atoms with Gasteiger partial charge in [-0.15, -0.1) is 0 Å².